The van der Waals surface area contributed by atoms with Gasteiger partial charge in [-0.1, -0.05) is 24.3 Å². The van der Waals surface area contributed by atoms with Crippen LogP contribution in [0.5, 0.6) is 0 Å². The van der Waals surface area contributed by atoms with Crippen LogP contribution in [0, 0.1) is 24.2 Å². The molecule has 0 amide bonds. The van der Waals surface area contributed by atoms with Crippen molar-refractivity contribution >= 4 is 5.69 Å². The third-order valence-corrected chi connectivity index (χ3v) is 7.56. The summed E-state index contributed by atoms with van der Waals surface area (Å²) < 4.78 is 0. The van der Waals surface area contributed by atoms with E-state index < -0.39 is 0 Å². The fraction of sp³-hybridized carbons (Fsp3) is 0.414. The molecule has 1 aromatic heterocycles. The minimum atomic E-state index is 0.466. The van der Waals surface area contributed by atoms with Crippen LogP contribution in [0.3, 0.4) is 0 Å². The van der Waals surface area contributed by atoms with Crippen molar-refractivity contribution in [1.82, 2.24) is 20.2 Å². The Morgan fingerprint density at radius 3 is 2.66 bits per heavy atom. The van der Waals surface area contributed by atoms with Crippen LogP contribution in [0.1, 0.15) is 41.4 Å². The Hall–Kier alpha value is -3.27. The average molecular weight is 467 g/mol. The van der Waals surface area contributed by atoms with Gasteiger partial charge in [-0.05, 0) is 68.1 Å². The highest BCUT2D eigenvalue weighted by Gasteiger charge is 2.41. The molecule has 3 saturated heterocycles. The van der Waals surface area contributed by atoms with Crippen LogP contribution in [0.4, 0.5) is 5.69 Å². The van der Waals surface area contributed by atoms with Crippen LogP contribution in [0.25, 0.3) is 11.3 Å². The molecule has 180 valence electrons. The number of benzene rings is 2. The van der Waals surface area contributed by atoms with Crippen LogP contribution in [0.15, 0.2) is 54.6 Å². The molecule has 3 aromatic rings. The zero-order valence-electron chi connectivity index (χ0n) is 20.9. The number of fused-ring (bicyclic) bond motifs is 3. The zero-order valence-corrected chi connectivity index (χ0v) is 20.9. The number of hydrogen-bond donors (Lipinski definition) is 1. The molecule has 6 nitrogen and oxygen atoms in total. The van der Waals surface area contributed by atoms with Gasteiger partial charge in [0.05, 0.1) is 17.3 Å². The van der Waals surface area contributed by atoms with Crippen molar-refractivity contribution in [2.24, 2.45) is 5.92 Å². The summed E-state index contributed by atoms with van der Waals surface area (Å²) in [7, 11) is 4.12. The second-order valence-electron chi connectivity index (χ2n) is 10.1. The fourth-order valence-electron chi connectivity index (χ4n) is 5.68. The molecule has 0 spiro atoms. The maximum atomic E-state index is 9.12. The lowest BCUT2D eigenvalue weighted by Gasteiger charge is -2.50. The highest BCUT2D eigenvalue weighted by molar-refractivity contribution is 5.63. The van der Waals surface area contributed by atoms with Gasteiger partial charge in [0.1, 0.15) is 5.82 Å². The van der Waals surface area contributed by atoms with Crippen molar-refractivity contribution in [3.8, 4) is 17.3 Å². The van der Waals surface area contributed by atoms with Gasteiger partial charge in [0.25, 0.3) is 0 Å². The van der Waals surface area contributed by atoms with Crippen molar-refractivity contribution in [1.29, 1.82) is 5.26 Å². The Labute approximate surface area is 208 Å². The normalized spacial score (nSPS) is 23.1. The van der Waals surface area contributed by atoms with Crippen molar-refractivity contribution < 1.29 is 0 Å². The van der Waals surface area contributed by atoms with E-state index >= 15 is 0 Å². The highest BCUT2D eigenvalue weighted by atomic mass is 15.2. The summed E-state index contributed by atoms with van der Waals surface area (Å²) in [6, 6.07) is 21.5. The minimum Gasteiger partial charge on any atom is -0.378 e. The maximum absolute atomic E-state index is 9.12. The molecule has 0 saturated carbocycles. The molecule has 35 heavy (non-hydrogen) atoms. The Kier molecular flexibility index (Phi) is 6.81. The van der Waals surface area contributed by atoms with Crippen LogP contribution >= 0.6 is 0 Å². The maximum Gasteiger partial charge on any atom is 0.126 e. The van der Waals surface area contributed by atoms with Gasteiger partial charge in [0.2, 0.25) is 0 Å². The predicted molar refractivity (Wildman–Crippen MR) is 140 cm³/mol. The molecule has 4 atom stereocenters. The first-order chi connectivity index (χ1) is 17.0. The molecule has 0 radical (unpaired) electrons. The van der Waals surface area contributed by atoms with Gasteiger partial charge < -0.3 is 10.2 Å². The summed E-state index contributed by atoms with van der Waals surface area (Å²) in [6.45, 7) is 6.02. The number of aromatic nitrogens is 2. The van der Waals surface area contributed by atoms with Gasteiger partial charge in [-0.3, -0.25) is 4.90 Å². The van der Waals surface area contributed by atoms with E-state index in [1.807, 2.05) is 25.1 Å². The Balaban J connectivity index is 1.25. The molecular weight excluding hydrogens is 432 g/mol. The molecule has 1 N–H and O–H groups in total. The van der Waals surface area contributed by atoms with Crippen LogP contribution in [-0.2, 0) is 6.54 Å². The Morgan fingerprint density at radius 2 is 1.94 bits per heavy atom. The van der Waals surface area contributed by atoms with E-state index in [2.05, 4.69) is 71.7 Å². The minimum absolute atomic E-state index is 0.466. The lowest BCUT2D eigenvalue weighted by Crippen LogP contribution is -2.55. The molecule has 6 heteroatoms. The van der Waals surface area contributed by atoms with E-state index in [9.17, 15) is 0 Å². The standard InChI is InChI=1S/C29H34N6/c1-20-32-28(23-7-9-25(10-8-23)34(2)3)15-29(33-20)27-19-35-12-11-24(27)14-26(35)18-31-17-22-6-4-5-21(13-22)16-30/h4-10,13,15,24,26-27,31H,11-12,14,17-19H2,1-3H3/t24-,26+,27-/m0/s1. The van der Waals surface area contributed by atoms with Gasteiger partial charge in [0.15, 0.2) is 0 Å². The quantitative estimate of drug-likeness (QED) is 0.558. The topological polar surface area (TPSA) is 68.1 Å². The molecule has 3 aliphatic rings. The van der Waals surface area contributed by atoms with E-state index in [0.29, 0.717) is 17.9 Å². The SMILES string of the molecule is Cc1nc(-c2ccc(N(C)C)cc2)cc([C@H]2CN3CC[C@H]2C[C@@H]3CNCc2cccc(C#N)c2)n1. The first-order valence-electron chi connectivity index (χ1n) is 12.6. The third-order valence-electron chi connectivity index (χ3n) is 7.56. The predicted octanol–water partition coefficient (Wildman–Crippen LogP) is 4.36. The molecule has 6 rings (SSSR count). The van der Waals surface area contributed by atoms with Crippen molar-refractivity contribution in [3.63, 3.8) is 0 Å². The summed E-state index contributed by atoms with van der Waals surface area (Å²) in [6.07, 6.45) is 2.44. The van der Waals surface area contributed by atoms with Gasteiger partial charge in [-0.15, -0.1) is 0 Å². The largest absolute Gasteiger partial charge is 0.378 e. The zero-order chi connectivity index (χ0) is 24.4. The molecule has 3 aliphatic heterocycles. The number of aryl methyl sites for hydroxylation is 1. The van der Waals surface area contributed by atoms with Crippen molar-refractivity contribution in [2.75, 3.05) is 38.6 Å². The van der Waals surface area contributed by atoms with Crippen molar-refractivity contribution in [2.45, 2.75) is 38.3 Å². The number of nitrogens with zero attached hydrogens (tertiary/aromatic N) is 5. The molecule has 2 bridgehead atoms. The van der Waals surface area contributed by atoms with Gasteiger partial charge in [0, 0.05) is 62.6 Å². The monoisotopic (exact) mass is 466 g/mol. The highest BCUT2D eigenvalue weighted by Crippen LogP contribution is 2.41. The molecule has 2 aromatic carbocycles. The molecule has 3 fully saturated rings. The number of anilines is 1. The van der Waals surface area contributed by atoms with Gasteiger partial charge in [-0.25, -0.2) is 9.97 Å². The van der Waals surface area contributed by atoms with Crippen LogP contribution in [-0.4, -0.2) is 54.6 Å². The third kappa shape index (κ3) is 5.22. The number of nitrogens with one attached hydrogen (secondary N) is 1. The fourth-order valence-corrected chi connectivity index (χ4v) is 5.68. The average Bonchev–Trinajstić information content (AvgIpc) is 2.89. The van der Waals surface area contributed by atoms with Crippen molar-refractivity contribution in [3.05, 3.63) is 77.2 Å². The number of nitriles is 1. The number of hydrogen-bond acceptors (Lipinski definition) is 6. The molecule has 4 heterocycles. The van der Waals surface area contributed by atoms with E-state index in [0.717, 1.165) is 42.3 Å². The smallest absolute Gasteiger partial charge is 0.126 e. The molecular formula is C29H34N6. The summed E-state index contributed by atoms with van der Waals surface area (Å²) >= 11 is 0. The summed E-state index contributed by atoms with van der Waals surface area (Å²) in [4.78, 5) is 14.4. The van der Waals surface area contributed by atoms with E-state index in [1.54, 1.807) is 0 Å². The lowest BCUT2D eigenvalue weighted by atomic mass is 9.74. The first-order valence-corrected chi connectivity index (χ1v) is 12.6. The second kappa shape index (κ2) is 10.2. The lowest BCUT2D eigenvalue weighted by molar-refractivity contribution is 0.0292. The van der Waals surface area contributed by atoms with Gasteiger partial charge in [-0.2, -0.15) is 5.26 Å². The van der Waals surface area contributed by atoms with E-state index in [1.165, 1.54) is 36.3 Å². The Morgan fingerprint density at radius 1 is 1.11 bits per heavy atom. The van der Waals surface area contributed by atoms with Gasteiger partial charge >= 0.3 is 0 Å². The Bertz CT molecular complexity index is 1210. The summed E-state index contributed by atoms with van der Waals surface area (Å²) in [5.74, 6) is 1.98. The molecule has 1 unspecified atom stereocenters. The van der Waals surface area contributed by atoms with E-state index in [-0.39, 0.29) is 0 Å². The summed E-state index contributed by atoms with van der Waals surface area (Å²) in [5.41, 5.74) is 6.44. The second-order valence-corrected chi connectivity index (χ2v) is 10.1. The van der Waals surface area contributed by atoms with E-state index in [4.69, 9.17) is 15.2 Å². The summed E-state index contributed by atoms with van der Waals surface area (Å²) in [5, 5.41) is 12.8. The molecule has 0 aliphatic carbocycles. The first kappa shape index (κ1) is 23.5. The van der Waals surface area contributed by atoms with Crippen LogP contribution < -0.4 is 10.2 Å². The number of rotatable bonds is 7. The number of piperidine rings is 3. The van der Waals surface area contributed by atoms with Crippen LogP contribution in [0.2, 0.25) is 0 Å².